The molecule has 0 fully saturated rings. The topological polar surface area (TPSA) is 86.4 Å². The van der Waals surface area contributed by atoms with Gasteiger partial charge < -0.3 is 10.1 Å². The summed E-state index contributed by atoms with van der Waals surface area (Å²) in [5, 5.41) is 6.42. The Morgan fingerprint density at radius 3 is 2.90 bits per heavy atom. The summed E-state index contributed by atoms with van der Waals surface area (Å²) in [5.41, 5.74) is 1.70. The fraction of sp³-hybridized carbons (Fsp3) is 0.357. The van der Waals surface area contributed by atoms with E-state index in [0.717, 1.165) is 11.1 Å². The molecule has 0 unspecified atom stereocenters. The zero-order chi connectivity index (χ0) is 15.2. The van der Waals surface area contributed by atoms with Crippen LogP contribution < -0.4 is 11.1 Å². The number of nitrogens with one attached hydrogen (secondary N) is 1. The molecule has 7 nitrogen and oxygen atoms in total. The first-order valence-corrected chi connectivity index (χ1v) is 6.51. The van der Waals surface area contributed by atoms with Crippen molar-refractivity contribution in [2.45, 2.75) is 13.5 Å². The number of aromatic nitrogens is 2. The van der Waals surface area contributed by atoms with Crippen LogP contribution in [0.2, 0.25) is 0 Å². The van der Waals surface area contributed by atoms with E-state index in [1.54, 1.807) is 7.11 Å². The third-order valence-corrected chi connectivity index (χ3v) is 3.00. The molecule has 7 heteroatoms. The molecule has 0 atom stereocenters. The molecule has 1 aromatic carbocycles. The van der Waals surface area contributed by atoms with E-state index < -0.39 is 5.76 Å². The quantitative estimate of drug-likeness (QED) is 0.786. The molecule has 0 bridgehead atoms. The Balaban J connectivity index is 2.21. The lowest BCUT2D eigenvalue weighted by atomic mass is 10.1. The molecule has 1 N–H and O–H groups in total. The second-order valence-electron chi connectivity index (χ2n) is 4.52. The van der Waals surface area contributed by atoms with Crippen LogP contribution in [0.15, 0.2) is 33.6 Å². The van der Waals surface area contributed by atoms with Gasteiger partial charge in [0, 0.05) is 19.2 Å². The van der Waals surface area contributed by atoms with Gasteiger partial charge in [0.1, 0.15) is 6.54 Å². The Morgan fingerprint density at radius 1 is 1.43 bits per heavy atom. The van der Waals surface area contributed by atoms with E-state index >= 15 is 0 Å². The highest BCUT2D eigenvalue weighted by Crippen LogP contribution is 2.19. The van der Waals surface area contributed by atoms with Crippen molar-refractivity contribution in [1.82, 2.24) is 15.0 Å². The molecule has 1 aromatic heterocycles. The maximum Gasteiger partial charge on any atom is 0.442 e. The third kappa shape index (κ3) is 3.57. The van der Waals surface area contributed by atoms with Gasteiger partial charge in [0.25, 0.3) is 0 Å². The molecule has 2 rings (SSSR count). The number of ether oxygens (including phenoxy) is 1. The molecule has 0 saturated heterocycles. The first kappa shape index (κ1) is 15.0. The summed E-state index contributed by atoms with van der Waals surface area (Å²) >= 11 is 0. The lowest BCUT2D eigenvalue weighted by molar-refractivity contribution is -0.121. The smallest absolute Gasteiger partial charge is 0.383 e. The molecular formula is C14H17N3O4. The standard InChI is InChI=1S/C14H17N3O4/c1-10-5-3-4-6-11(10)13-16-21-14(19)17(13)9-12(18)15-7-8-20-2/h3-6H,7-9H2,1-2H3,(H,15,18). The Kier molecular flexibility index (Phi) is 4.89. The van der Waals surface area contributed by atoms with Crippen LogP contribution in [0.25, 0.3) is 11.4 Å². The average molecular weight is 291 g/mol. The Hall–Kier alpha value is -2.41. The van der Waals surface area contributed by atoms with E-state index in [1.165, 1.54) is 4.57 Å². The number of hydrogen-bond donors (Lipinski definition) is 1. The maximum absolute atomic E-state index is 11.8. The van der Waals surface area contributed by atoms with Gasteiger partial charge in [-0.25, -0.2) is 9.36 Å². The highest BCUT2D eigenvalue weighted by molar-refractivity contribution is 5.76. The van der Waals surface area contributed by atoms with Gasteiger partial charge in [0.05, 0.1) is 6.61 Å². The van der Waals surface area contributed by atoms with E-state index in [2.05, 4.69) is 15.0 Å². The van der Waals surface area contributed by atoms with Crippen LogP contribution in [0.5, 0.6) is 0 Å². The first-order valence-electron chi connectivity index (χ1n) is 6.51. The number of rotatable bonds is 6. The molecule has 0 spiro atoms. The molecule has 2 aromatic rings. The van der Waals surface area contributed by atoms with Crippen LogP contribution in [-0.4, -0.2) is 35.9 Å². The minimum atomic E-state index is -0.657. The summed E-state index contributed by atoms with van der Waals surface area (Å²) in [6.45, 7) is 2.55. The number of carbonyl (C=O) groups is 1. The Labute approximate surface area is 121 Å². The molecular weight excluding hydrogens is 274 g/mol. The fourth-order valence-electron chi connectivity index (χ4n) is 1.92. The van der Waals surface area contributed by atoms with E-state index in [0.29, 0.717) is 19.0 Å². The van der Waals surface area contributed by atoms with Gasteiger partial charge in [0.15, 0.2) is 5.82 Å². The van der Waals surface area contributed by atoms with Gasteiger partial charge in [-0.3, -0.25) is 9.32 Å². The predicted octanol–water partition coefficient (Wildman–Crippen LogP) is 0.574. The van der Waals surface area contributed by atoms with Crippen LogP contribution in [0.1, 0.15) is 5.56 Å². The van der Waals surface area contributed by atoms with Gasteiger partial charge in [-0.05, 0) is 12.5 Å². The summed E-state index contributed by atoms with van der Waals surface area (Å²) in [5.74, 6) is -0.609. The Morgan fingerprint density at radius 2 is 2.19 bits per heavy atom. The second kappa shape index (κ2) is 6.85. The SMILES string of the molecule is COCCNC(=O)Cn1c(-c2ccccc2C)noc1=O. The summed E-state index contributed by atoms with van der Waals surface area (Å²) in [6, 6.07) is 7.45. The van der Waals surface area contributed by atoms with Crippen LogP contribution in [0, 0.1) is 6.92 Å². The van der Waals surface area contributed by atoms with Crippen LogP contribution >= 0.6 is 0 Å². The molecule has 0 aliphatic carbocycles. The van der Waals surface area contributed by atoms with Crippen molar-refractivity contribution >= 4 is 5.91 Å². The van der Waals surface area contributed by atoms with Crippen molar-refractivity contribution in [3.8, 4) is 11.4 Å². The predicted molar refractivity (Wildman–Crippen MR) is 75.8 cm³/mol. The highest BCUT2D eigenvalue weighted by atomic mass is 16.5. The Bertz CT molecular complexity index is 675. The van der Waals surface area contributed by atoms with Gasteiger partial charge in [0.2, 0.25) is 5.91 Å². The molecule has 0 radical (unpaired) electrons. The summed E-state index contributed by atoms with van der Waals surface area (Å²) in [4.78, 5) is 23.5. The number of nitrogens with zero attached hydrogens (tertiary/aromatic N) is 2. The number of carbonyl (C=O) groups excluding carboxylic acids is 1. The van der Waals surface area contributed by atoms with Gasteiger partial charge >= 0.3 is 5.76 Å². The molecule has 1 heterocycles. The lowest BCUT2D eigenvalue weighted by Crippen LogP contribution is -2.33. The largest absolute Gasteiger partial charge is 0.442 e. The third-order valence-electron chi connectivity index (χ3n) is 3.00. The number of amides is 1. The van der Waals surface area contributed by atoms with Crippen molar-refractivity contribution in [1.29, 1.82) is 0 Å². The molecule has 0 aliphatic rings. The zero-order valence-electron chi connectivity index (χ0n) is 12.0. The van der Waals surface area contributed by atoms with Crippen LogP contribution in [0.4, 0.5) is 0 Å². The van der Waals surface area contributed by atoms with Gasteiger partial charge in [-0.2, -0.15) is 0 Å². The summed E-state index contributed by atoms with van der Waals surface area (Å²) in [6.07, 6.45) is 0. The van der Waals surface area contributed by atoms with E-state index in [1.807, 2.05) is 31.2 Å². The monoisotopic (exact) mass is 291 g/mol. The number of methoxy groups -OCH3 is 1. The summed E-state index contributed by atoms with van der Waals surface area (Å²) < 4.78 is 10.7. The maximum atomic E-state index is 11.8. The van der Waals surface area contributed by atoms with Crippen molar-refractivity contribution < 1.29 is 14.1 Å². The molecule has 112 valence electrons. The normalized spacial score (nSPS) is 10.6. The van der Waals surface area contributed by atoms with E-state index in [9.17, 15) is 9.59 Å². The van der Waals surface area contributed by atoms with E-state index in [4.69, 9.17) is 4.74 Å². The first-order chi connectivity index (χ1) is 10.1. The highest BCUT2D eigenvalue weighted by Gasteiger charge is 2.16. The molecule has 21 heavy (non-hydrogen) atoms. The number of benzene rings is 1. The molecule has 0 aliphatic heterocycles. The average Bonchev–Trinajstić information content (AvgIpc) is 2.81. The van der Waals surface area contributed by atoms with Crippen molar-refractivity contribution in [2.75, 3.05) is 20.3 Å². The zero-order valence-corrected chi connectivity index (χ0v) is 12.0. The van der Waals surface area contributed by atoms with E-state index in [-0.39, 0.29) is 12.5 Å². The van der Waals surface area contributed by atoms with Crippen LogP contribution in [0.3, 0.4) is 0 Å². The van der Waals surface area contributed by atoms with Crippen molar-refractivity contribution in [3.05, 3.63) is 40.4 Å². The van der Waals surface area contributed by atoms with Crippen LogP contribution in [-0.2, 0) is 16.1 Å². The lowest BCUT2D eigenvalue weighted by Gasteiger charge is -2.07. The number of hydrogen-bond acceptors (Lipinski definition) is 5. The minimum absolute atomic E-state index is 0.143. The van der Waals surface area contributed by atoms with Gasteiger partial charge in [-0.1, -0.05) is 29.4 Å². The number of aryl methyl sites for hydroxylation is 1. The van der Waals surface area contributed by atoms with Crippen molar-refractivity contribution in [2.24, 2.45) is 0 Å². The summed E-state index contributed by atoms with van der Waals surface area (Å²) in [7, 11) is 1.55. The van der Waals surface area contributed by atoms with Crippen molar-refractivity contribution in [3.63, 3.8) is 0 Å². The second-order valence-corrected chi connectivity index (χ2v) is 4.52. The molecule has 1 amide bonds. The molecule has 0 saturated carbocycles. The fourth-order valence-corrected chi connectivity index (χ4v) is 1.92. The van der Waals surface area contributed by atoms with Gasteiger partial charge in [-0.15, -0.1) is 0 Å². The minimum Gasteiger partial charge on any atom is -0.383 e.